The Hall–Kier alpha value is -3.39. The molecule has 0 spiro atoms. The van der Waals surface area contributed by atoms with Gasteiger partial charge in [0, 0.05) is 31.1 Å². The summed E-state index contributed by atoms with van der Waals surface area (Å²) in [5, 5.41) is 2.26. The number of hydrogen-bond donors (Lipinski definition) is 0. The van der Waals surface area contributed by atoms with Crippen LogP contribution >= 0.6 is 11.3 Å². The molecule has 3 aromatic rings. The van der Waals surface area contributed by atoms with Gasteiger partial charge in [0.15, 0.2) is 5.13 Å². The summed E-state index contributed by atoms with van der Waals surface area (Å²) in [6, 6.07) is 14.6. The van der Waals surface area contributed by atoms with Crippen LogP contribution in [-0.4, -0.2) is 37.1 Å². The Morgan fingerprint density at radius 2 is 1.72 bits per heavy atom. The van der Waals surface area contributed by atoms with E-state index in [-0.39, 0.29) is 12.5 Å². The highest BCUT2D eigenvalue weighted by Crippen LogP contribution is 2.35. The molecule has 0 atom stereocenters. The monoisotopic (exact) mass is 453 g/mol. The van der Waals surface area contributed by atoms with Crippen LogP contribution in [-0.2, 0) is 16.1 Å². The van der Waals surface area contributed by atoms with Crippen LogP contribution in [0.3, 0.4) is 0 Å². The molecule has 1 amide bonds. The number of esters is 1. The first kappa shape index (κ1) is 23.3. The lowest BCUT2D eigenvalue weighted by atomic mass is 10.2. The molecule has 2 aromatic carbocycles. The van der Waals surface area contributed by atoms with Crippen LogP contribution in [0.1, 0.15) is 36.8 Å². The van der Waals surface area contributed by atoms with Crippen LogP contribution in [0, 0.1) is 0 Å². The zero-order valence-corrected chi connectivity index (χ0v) is 19.5. The van der Waals surface area contributed by atoms with Crippen molar-refractivity contribution in [1.29, 1.82) is 0 Å². The number of rotatable bonds is 9. The van der Waals surface area contributed by atoms with Gasteiger partial charge in [-0.1, -0.05) is 12.1 Å². The maximum Gasteiger partial charge on any atom is 0.338 e. The molecule has 3 rings (SSSR count). The van der Waals surface area contributed by atoms with Gasteiger partial charge in [-0.15, -0.1) is 11.3 Å². The second-order valence-corrected chi connectivity index (χ2v) is 7.78. The molecule has 0 fully saturated rings. The van der Waals surface area contributed by atoms with Gasteiger partial charge in [-0.3, -0.25) is 9.69 Å². The highest BCUT2D eigenvalue weighted by molar-refractivity contribution is 7.14. The van der Waals surface area contributed by atoms with E-state index in [0.29, 0.717) is 27.8 Å². The molecule has 168 valence electrons. The maximum absolute atomic E-state index is 12.5. The molecule has 0 saturated heterocycles. The van der Waals surface area contributed by atoms with E-state index in [9.17, 15) is 9.59 Å². The molecule has 0 bridgehead atoms. The van der Waals surface area contributed by atoms with Crippen LogP contribution in [0.15, 0.2) is 53.9 Å². The summed E-state index contributed by atoms with van der Waals surface area (Å²) in [6.45, 7) is 7.47. The maximum atomic E-state index is 12.5. The van der Waals surface area contributed by atoms with E-state index in [4.69, 9.17) is 9.47 Å². The third-order valence-corrected chi connectivity index (χ3v) is 5.83. The lowest BCUT2D eigenvalue weighted by Gasteiger charge is -2.21. The SMILES string of the molecule is CCN(CC)c1ccc(C(=O)OCc2csc(N(C(C)=O)c3ccccc3OC)n2)cc1. The molecule has 0 aliphatic rings. The molecule has 1 heterocycles. The smallest absolute Gasteiger partial charge is 0.338 e. The Bertz CT molecular complexity index is 1060. The fraction of sp³-hybridized carbons (Fsp3) is 0.292. The van der Waals surface area contributed by atoms with Gasteiger partial charge >= 0.3 is 5.97 Å². The lowest BCUT2D eigenvalue weighted by Crippen LogP contribution is -2.23. The lowest BCUT2D eigenvalue weighted by molar-refractivity contribution is -0.115. The molecule has 7 nitrogen and oxygen atoms in total. The predicted molar refractivity (Wildman–Crippen MR) is 127 cm³/mol. The quantitative estimate of drug-likeness (QED) is 0.423. The molecule has 32 heavy (non-hydrogen) atoms. The van der Waals surface area contributed by atoms with Crippen molar-refractivity contribution >= 4 is 39.7 Å². The van der Waals surface area contributed by atoms with E-state index in [1.165, 1.54) is 23.2 Å². The molecule has 0 saturated carbocycles. The summed E-state index contributed by atoms with van der Waals surface area (Å²) in [4.78, 5) is 33.0. The summed E-state index contributed by atoms with van der Waals surface area (Å²) < 4.78 is 10.8. The summed E-state index contributed by atoms with van der Waals surface area (Å²) in [6.07, 6.45) is 0. The van der Waals surface area contributed by atoms with E-state index >= 15 is 0 Å². The number of hydrogen-bond acceptors (Lipinski definition) is 7. The third kappa shape index (κ3) is 5.26. The molecule has 0 N–H and O–H groups in total. The number of para-hydroxylation sites is 2. The number of nitrogens with zero attached hydrogens (tertiary/aromatic N) is 3. The number of benzene rings is 2. The van der Waals surface area contributed by atoms with Gasteiger partial charge < -0.3 is 14.4 Å². The van der Waals surface area contributed by atoms with Crippen molar-refractivity contribution in [1.82, 2.24) is 4.98 Å². The summed E-state index contributed by atoms with van der Waals surface area (Å²) in [5.74, 6) is -0.0430. The van der Waals surface area contributed by atoms with Crippen molar-refractivity contribution in [3.63, 3.8) is 0 Å². The minimum atomic E-state index is -0.418. The van der Waals surface area contributed by atoms with Crippen LogP contribution < -0.4 is 14.5 Å². The van der Waals surface area contributed by atoms with Gasteiger partial charge in [-0.05, 0) is 50.2 Å². The van der Waals surface area contributed by atoms with Crippen molar-refractivity contribution in [2.24, 2.45) is 0 Å². The number of anilines is 3. The zero-order chi connectivity index (χ0) is 23.1. The van der Waals surface area contributed by atoms with Gasteiger partial charge in [0.05, 0.1) is 24.1 Å². The molecule has 0 aliphatic heterocycles. The zero-order valence-electron chi connectivity index (χ0n) is 18.7. The molecule has 0 radical (unpaired) electrons. The number of aromatic nitrogens is 1. The van der Waals surface area contributed by atoms with Gasteiger partial charge in [-0.25, -0.2) is 9.78 Å². The second-order valence-electron chi connectivity index (χ2n) is 6.94. The van der Waals surface area contributed by atoms with E-state index < -0.39 is 5.97 Å². The first-order chi connectivity index (χ1) is 15.5. The van der Waals surface area contributed by atoms with Crippen molar-refractivity contribution in [3.05, 3.63) is 65.2 Å². The van der Waals surface area contributed by atoms with E-state index in [1.807, 2.05) is 24.3 Å². The highest BCUT2D eigenvalue weighted by atomic mass is 32.1. The predicted octanol–water partition coefficient (Wildman–Crippen LogP) is 5.04. The Labute approximate surface area is 192 Å². The Kier molecular flexibility index (Phi) is 7.83. The first-order valence-corrected chi connectivity index (χ1v) is 11.3. The largest absolute Gasteiger partial charge is 0.495 e. The number of carbonyl (C=O) groups excluding carboxylic acids is 2. The van der Waals surface area contributed by atoms with E-state index in [1.54, 1.807) is 36.8 Å². The van der Waals surface area contributed by atoms with Gasteiger partial charge in [0.25, 0.3) is 0 Å². The summed E-state index contributed by atoms with van der Waals surface area (Å²) in [5.41, 5.74) is 2.72. The summed E-state index contributed by atoms with van der Waals surface area (Å²) >= 11 is 1.30. The number of amides is 1. The number of thiazole rings is 1. The Morgan fingerprint density at radius 3 is 2.34 bits per heavy atom. The topological polar surface area (TPSA) is 72.0 Å². The molecule has 8 heteroatoms. The molecule has 0 unspecified atom stereocenters. The van der Waals surface area contributed by atoms with Crippen molar-refractivity contribution in [2.75, 3.05) is 30.0 Å². The van der Waals surface area contributed by atoms with Crippen LogP contribution in [0.2, 0.25) is 0 Å². The van der Waals surface area contributed by atoms with Crippen molar-refractivity contribution < 1.29 is 19.1 Å². The molecule has 0 aliphatic carbocycles. The van der Waals surface area contributed by atoms with Gasteiger partial charge in [-0.2, -0.15) is 0 Å². The molecule has 1 aromatic heterocycles. The van der Waals surface area contributed by atoms with Gasteiger partial charge in [0.1, 0.15) is 12.4 Å². The average molecular weight is 454 g/mol. The number of methoxy groups -OCH3 is 1. The minimum absolute atomic E-state index is 0.0186. The fourth-order valence-corrected chi connectivity index (χ4v) is 4.17. The van der Waals surface area contributed by atoms with Crippen LogP contribution in [0.25, 0.3) is 0 Å². The average Bonchev–Trinajstić information content (AvgIpc) is 3.27. The van der Waals surface area contributed by atoms with E-state index in [2.05, 4.69) is 23.7 Å². The Morgan fingerprint density at radius 1 is 1.03 bits per heavy atom. The second kappa shape index (κ2) is 10.8. The fourth-order valence-electron chi connectivity index (χ4n) is 3.31. The van der Waals surface area contributed by atoms with Gasteiger partial charge in [0.2, 0.25) is 5.91 Å². The number of ether oxygens (including phenoxy) is 2. The van der Waals surface area contributed by atoms with Crippen LogP contribution in [0.5, 0.6) is 5.75 Å². The minimum Gasteiger partial charge on any atom is -0.495 e. The number of carbonyl (C=O) groups is 2. The van der Waals surface area contributed by atoms with Crippen molar-refractivity contribution in [3.8, 4) is 5.75 Å². The van der Waals surface area contributed by atoms with Crippen LogP contribution in [0.4, 0.5) is 16.5 Å². The Balaban J connectivity index is 1.69. The normalized spacial score (nSPS) is 10.5. The highest BCUT2D eigenvalue weighted by Gasteiger charge is 2.21. The van der Waals surface area contributed by atoms with Crippen molar-refractivity contribution in [2.45, 2.75) is 27.4 Å². The summed E-state index contributed by atoms with van der Waals surface area (Å²) in [7, 11) is 1.55. The molecular formula is C24H27N3O4S. The molecular weight excluding hydrogens is 426 g/mol. The van der Waals surface area contributed by atoms with E-state index in [0.717, 1.165) is 18.8 Å². The first-order valence-electron chi connectivity index (χ1n) is 10.4. The standard InChI is InChI=1S/C24H27N3O4S/c1-5-26(6-2)20-13-11-18(12-14-20)23(29)31-15-19-16-32-24(25-19)27(17(3)28)21-9-7-8-10-22(21)30-4/h7-14,16H,5-6,15H2,1-4H3. The third-order valence-electron chi connectivity index (χ3n) is 4.95.